The SMILES string of the molecule is CCOC(=O)CCNc1cc(N)nc(COC)n1. The predicted octanol–water partition coefficient (Wildman–Crippen LogP) is 0.570. The third-order valence-electron chi connectivity index (χ3n) is 2.01. The number of nitrogens with zero attached hydrogens (tertiary/aromatic N) is 2. The van der Waals surface area contributed by atoms with Gasteiger partial charge in [-0.1, -0.05) is 0 Å². The number of carbonyl (C=O) groups is 1. The monoisotopic (exact) mass is 254 g/mol. The fourth-order valence-corrected chi connectivity index (χ4v) is 1.33. The van der Waals surface area contributed by atoms with Crippen LogP contribution >= 0.6 is 0 Å². The average molecular weight is 254 g/mol. The van der Waals surface area contributed by atoms with E-state index >= 15 is 0 Å². The Morgan fingerprint density at radius 1 is 1.50 bits per heavy atom. The molecule has 0 amide bonds. The van der Waals surface area contributed by atoms with Crippen molar-refractivity contribution in [3.8, 4) is 0 Å². The van der Waals surface area contributed by atoms with Crippen molar-refractivity contribution in [1.82, 2.24) is 9.97 Å². The van der Waals surface area contributed by atoms with Crippen LogP contribution in [0.4, 0.5) is 11.6 Å². The Balaban J connectivity index is 2.48. The van der Waals surface area contributed by atoms with Gasteiger partial charge in [-0.05, 0) is 6.92 Å². The van der Waals surface area contributed by atoms with Crippen molar-refractivity contribution < 1.29 is 14.3 Å². The van der Waals surface area contributed by atoms with Gasteiger partial charge in [-0.3, -0.25) is 4.79 Å². The van der Waals surface area contributed by atoms with E-state index in [1.54, 1.807) is 20.1 Å². The second-order valence-corrected chi connectivity index (χ2v) is 3.51. The quantitative estimate of drug-likeness (QED) is 0.686. The molecular formula is C11H18N4O3. The van der Waals surface area contributed by atoms with Crippen LogP contribution in [0, 0.1) is 0 Å². The zero-order valence-corrected chi connectivity index (χ0v) is 10.6. The molecule has 0 radical (unpaired) electrons. The lowest BCUT2D eigenvalue weighted by Crippen LogP contribution is -2.13. The molecule has 0 unspecified atom stereocenters. The van der Waals surface area contributed by atoms with Gasteiger partial charge in [0, 0.05) is 19.7 Å². The molecule has 0 aliphatic carbocycles. The summed E-state index contributed by atoms with van der Waals surface area (Å²) < 4.78 is 9.74. The molecule has 100 valence electrons. The van der Waals surface area contributed by atoms with Crippen LogP contribution in [0.25, 0.3) is 0 Å². The van der Waals surface area contributed by atoms with E-state index in [0.29, 0.717) is 30.6 Å². The summed E-state index contributed by atoms with van der Waals surface area (Å²) >= 11 is 0. The maximum atomic E-state index is 11.1. The first-order valence-electron chi connectivity index (χ1n) is 5.67. The molecule has 0 spiro atoms. The zero-order valence-electron chi connectivity index (χ0n) is 10.6. The van der Waals surface area contributed by atoms with Gasteiger partial charge in [0.25, 0.3) is 0 Å². The van der Waals surface area contributed by atoms with Crippen molar-refractivity contribution in [2.24, 2.45) is 0 Å². The molecule has 7 heteroatoms. The van der Waals surface area contributed by atoms with E-state index in [-0.39, 0.29) is 19.0 Å². The number of anilines is 2. The van der Waals surface area contributed by atoms with Crippen LogP contribution in [0.3, 0.4) is 0 Å². The molecule has 1 rings (SSSR count). The Bertz CT molecular complexity index is 398. The summed E-state index contributed by atoms with van der Waals surface area (Å²) in [6, 6.07) is 1.60. The lowest BCUT2D eigenvalue weighted by Gasteiger charge is -2.07. The van der Waals surface area contributed by atoms with Gasteiger partial charge in [0.1, 0.15) is 18.2 Å². The van der Waals surface area contributed by atoms with Crippen LogP contribution in [-0.4, -0.2) is 36.2 Å². The minimum Gasteiger partial charge on any atom is -0.466 e. The molecule has 18 heavy (non-hydrogen) atoms. The first-order chi connectivity index (χ1) is 8.65. The summed E-state index contributed by atoms with van der Waals surface area (Å²) in [7, 11) is 1.56. The number of nitrogen functional groups attached to an aromatic ring is 1. The van der Waals surface area contributed by atoms with Crippen molar-refractivity contribution in [2.45, 2.75) is 20.0 Å². The number of carbonyl (C=O) groups excluding carboxylic acids is 1. The van der Waals surface area contributed by atoms with E-state index in [1.807, 2.05) is 0 Å². The third-order valence-corrected chi connectivity index (χ3v) is 2.01. The topological polar surface area (TPSA) is 99.4 Å². The normalized spacial score (nSPS) is 10.1. The molecule has 7 nitrogen and oxygen atoms in total. The molecule has 0 atom stereocenters. The van der Waals surface area contributed by atoms with Gasteiger partial charge >= 0.3 is 5.97 Å². The number of rotatable bonds is 7. The van der Waals surface area contributed by atoms with Crippen molar-refractivity contribution in [2.75, 3.05) is 31.3 Å². The Morgan fingerprint density at radius 3 is 2.94 bits per heavy atom. The van der Waals surface area contributed by atoms with Gasteiger partial charge in [0.15, 0.2) is 5.82 Å². The number of hydrogen-bond acceptors (Lipinski definition) is 7. The van der Waals surface area contributed by atoms with Gasteiger partial charge in [0.05, 0.1) is 13.0 Å². The molecule has 0 aliphatic rings. The largest absolute Gasteiger partial charge is 0.466 e. The van der Waals surface area contributed by atoms with Crippen LogP contribution in [0.5, 0.6) is 0 Å². The molecule has 0 aliphatic heterocycles. The minimum absolute atomic E-state index is 0.246. The molecule has 0 aromatic carbocycles. The summed E-state index contributed by atoms with van der Waals surface area (Å²) in [5.41, 5.74) is 5.63. The standard InChI is InChI=1S/C11H18N4O3/c1-3-18-11(16)4-5-13-9-6-8(12)14-10(15-9)7-17-2/h6H,3-5,7H2,1-2H3,(H3,12,13,14,15). The molecule has 1 heterocycles. The van der Waals surface area contributed by atoms with E-state index in [4.69, 9.17) is 15.2 Å². The number of methoxy groups -OCH3 is 1. The number of esters is 1. The summed E-state index contributed by atoms with van der Waals surface area (Å²) in [6.07, 6.45) is 0.275. The van der Waals surface area contributed by atoms with E-state index in [2.05, 4.69) is 15.3 Å². The van der Waals surface area contributed by atoms with E-state index in [0.717, 1.165) is 0 Å². The van der Waals surface area contributed by atoms with Crippen molar-refractivity contribution in [1.29, 1.82) is 0 Å². The fraction of sp³-hybridized carbons (Fsp3) is 0.545. The Kier molecular flexibility index (Phi) is 5.86. The highest BCUT2D eigenvalue weighted by Crippen LogP contribution is 2.08. The van der Waals surface area contributed by atoms with E-state index < -0.39 is 0 Å². The van der Waals surface area contributed by atoms with Gasteiger partial charge in [-0.15, -0.1) is 0 Å². The smallest absolute Gasteiger partial charge is 0.307 e. The van der Waals surface area contributed by atoms with Crippen LogP contribution in [0.15, 0.2) is 6.07 Å². The molecule has 1 aromatic rings. The number of hydrogen-bond donors (Lipinski definition) is 2. The molecular weight excluding hydrogens is 236 g/mol. The first-order valence-corrected chi connectivity index (χ1v) is 5.67. The van der Waals surface area contributed by atoms with Gasteiger partial charge in [-0.25, -0.2) is 9.97 Å². The summed E-state index contributed by atoms with van der Waals surface area (Å²) in [5.74, 6) is 1.18. The Labute approximate surface area is 106 Å². The second-order valence-electron chi connectivity index (χ2n) is 3.51. The average Bonchev–Trinajstić information content (AvgIpc) is 2.29. The summed E-state index contributed by atoms with van der Waals surface area (Å²) in [5, 5.41) is 2.99. The van der Waals surface area contributed by atoms with E-state index in [9.17, 15) is 4.79 Å². The van der Waals surface area contributed by atoms with Crippen LogP contribution in [0.2, 0.25) is 0 Å². The lowest BCUT2D eigenvalue weighted by atomic mass is 10.4. The first kappa shape index (κ1) is 14.2. The van der Waals surface area contributed by atoms with Gasteiger partial charge in [-0.2, -0.15) is 0 Å². The van der Waals surface area contributed by atoms with Crippen molar-refractivity contribution >= 4 is 17.6 Å². The highest BCUT2D eigenvalue weighted by molar-refractivity contribution is 5.70. The number of ether oxygens (including phenoxy) is 2. The summed E-state index contributed by atoms with van der Waals surface area (Å²) in [4.78, 5) is 19.3. The molecule has 3 N–H and O–H groups in total. The summed E-state index contributed by atoms with van der Waals surface area (Å²) in [6.45, 7) is 2.88. The fourth-order valence-electron chi connectivity index (χ4n) is 1.33. The van der Waals surface area contributed by atoms with E-state index in [1.165, 1.54) is 0 Å². The maximum absolute atomic E-state index is 11.1. The number of aromatic nitrogens is 2. The van der Waals surface area contributed by atoms with Crippen LogP contribution in [-0.2, 0) is 20.9 Å². The third kappa shape index (κ3) is 4.96. The second kappa shape index (κ2) is 7.44. The zero-order chi connectivity index (χ0) is 13.4. The number of nitrogens with two attached hydrogens (primary N) is 1. The Morgan fingerprint density at radius 2 is 2.28 bits per heavy atom. The highest BCUT2D eigenvalue weighted by Gasteiger charge is 2.04. The van der Waals surface area contributed by atoms with Crippen molar-refractivity contribution in [3.05, 3.63) is 11.9 Å². The van der Waals surface area contributed by atoms with Crippen LogP contribution < -0.4 is 11.1 Å². The molecule has 0 bridgehead atoms. The minimum atomic E-state index is -0.246. The molecule has 0 saturated carbocycles. The van der Waals surface area contributed by atoms with Gasteiger partial charge < -0.3 is 20.5 Å². The molecule has 0 saturated heterocycles. The Hall–Kier alpha value is -1.89. The highest BCUT2D eigenvalue weighted by atomic mass is 16.5. The predicted molar refractivity (Wildman–Crippen MR) is 66.9 cm³/mol. The molecule has 0 fully saturated rings. The van der Waals surface area contributed by atoms with Gasteiger partial charge in [0.2, 0.25) is 0 Å². The lowest BCUT2D eigenvalue weighted by molar-refractivity contribution is -0.142. The van der Waals surface area contributed by atoms with Crippen LogP contribution in [0.1, 0.15) is 19.2 Å². The maximum Gasteiger partial charge on any atom is 0.307 e. The molecule has 1 aromatic heterocycles. The number of nitrogens with one attached hydrogen (secondary N) is 1. The van der Waals surface area contributed by atoms with Crippen molar-refractivity contribution in [3.63, 3.8) is 0 Å².